The van der Waals surface area contributed by atoms with E-state index in [9.17, 15) is 33.6 Å². The molecule has 3 atom stereocenters. The molecule has 2 rings (SSSR count). The molecule has 302 valence electrons. The van der Waals surface area contributed by atoms with Gasteiger partial charge in [0.05, 0.1) is 12.0 Å². The Bertz CT molecular complexity index is 1480. The van der Waals surface area contributed by atoms with Gasteiger partial charge < -0.3 is 24.6 Å². The molecule has 1 aromatic rings. The maximum absolute atomic E-state index is 13.2. The van der Waals surface area contributed by atoms with Crippen molar-refractivity contribution >= 4 is 41.5 Å². The number of Topliss-reactive ketones (excluding diaryl/α,β-unsaturated/α-hetero) is 2. The molecule has 0 radical (unpaired) electrons. The zero-order valence-corrected chi connectivity index (χ0v) is 34.4. The van der Waals surface area contributed by atoms with Gasteiger partial charge in [-0.3, -0.25) is 28.9 Å². The van der Waals surface area contributed by atoms with Gasteiger partial charge in [0.15, 0.2) is 5.78 Å². The van der Waals surface area contributed by atoms with Gasteiger partial charge in [-0.15, -0.1) is 0 Å². The van der Waals surface area contributed by atoms with Crippen molar-refractivity contribution in [1.29, 1.82) is 0 Å². The average Bonchev–Trinajstić information content (AvgIpc) is 3.36. The minimum absolute atomic E-state index is 0.0275. The van der Waals surface area contributed by atoms with Gasteiger partial charge in [0.2, 0.25) is 17.7 Å². The number of hydrogen-bond acceptors (Lipinski definition) is 9. The summed E-state index contributed by atoms with van der Waals surface area (Å²) >= 11 is 0. The lowest BCUT2D eigenvalue weighted by Crippen LogP contribution is -2.44. The Hall–Kier alpha value is -4.29. The molecule has 0 spiro atoms. The number of rotatable bonds is 19. The molecule has 5 amide bonds. The molecule has 1 fully saturated rings. The topological polar surface area (TPSA) is 160 Å². The number of ketones is 2. The first kappa shape index (κ1) is 45.9. The monoisotopic (exact) mass is 756 g/mol. The highest BCUT2D eigenvalue weighted by molar-refractivity contribution is 6.03. The molecule has 54 heavy (non-hydrogen) atoms. The van der Waals surface area contributed by atoms with Crippen LogP contribution in [0, 0.1) is 23.2 Å². The van der Waals surface area contributed by atoms with E-state index in [1.807, 2.05) is 34.6 Å². The van der Waals surface area contributed by atoms with Crippen molar-refractivity contribution in [2.75, 3.05) is 33.7 Å². The Morgan fingerprint density at radius 1 is 0.852 bits per heavy atom. The Morgan fingerprint density at radius 3 is 1.96 bits per heavy atom. The molecule has 0 saturated carbocycles. The van der Waals surface area contributed by atoms with E-state index in [4.69, 9.17) is 9.47 Å². The summed E-state index contributed by atoms with van der Waals surface area (Å²) in [5, 5.41) is 2.80. The van der Waals surface area contributed by atoms with Crippen LogP contribution in [0.4, 0.5) is 9.59 Å². The smallest absolute Gasteiger partial charge is 0.410 e. The predicted molar refractivity (Wildman–Crippen MR) is 205 cm³/mol. The third-order valence-corrected chi connectivity index (χ3v) is 9.61. The summed E-state index contributed by atoms with van der Waals surface area (Å²) in [7, 11) is 3.18. The Labute approximate surface area is 321 Å². The van der Waals surface area contributed by atoms with Gasteiger partial charge in [-0.25, -0.2) is 9.59 Å². The van der Waals surface area contributed by atoms with E-state index in [2.05, 4.69) is 5.32 Å². The second-order valence-corrected chi connectivity index (χ2v) is 17.0. The number of carbonyl (C=O) groups is 7. The van der Waals surface area contributed by atoms with Crippen LogP contribution in [0.2, 0.25) is 0 Å². The third-order valence-electron chi connectivity index (χ3n) is 9.61. The molecule has 1 unspecified atom stereocenters. The lowest BCUT2D eigenvalue weighted by atomic mass is 9.80. The summed E-state index contributed by atoms with van der Waals surface area (Å²) in [6.45, 7) is 17.5. The van der Waals surface area contributed by atoms with Gasteiger partial charge in [-0.2, -0.15) is 0 Å². The molecular formula is C41H64N4O9. The average molecular weight is 757 g/mol. The summed E-state index contributed by atoms with van der Waals surface area (Å²) in [6, 6.07) is 6.32. The summed E-state index contributed by atoms with van der Waals surface area (Å²) in [6.07, 6.45) is 1.61. The van der Waals surface area contributed by atoms with Crippen molar-refractivity contribution in [1.82, 2.24) is 20.0 Å². The molecule has 1 heterocycles. The van der Waals surface area contributed by atoms with Crippen LogP contribution in [0.1, 0.15) is 112 Å². The van der Waals surface area contributed by atoms with Gasteiger partial charge >= 0.3 is 12.2 Å². The first-order valence-electron chi connectivity index (χ1n) is 19.1. The zero-order valence-electron chi connectivity index (χ0n) is 34.4. The van der Waals surface area contributed by atoms with Crippen molar-refractivity contribution in [2.45, 2.75) is 126 Å². The number of likely N-dealkylation sites (N-methyl/N-ethyl adjacent to an activating group) is 2. The van der Waals surface area contributed by atoms with Crippen molar-refractivity contribution < 1.29 is 43.0 Å². The number of unbranched alkanes of at least 4 members (excludes halogenated alkanes) is 2. The van der Waals surface area contributed by atoms with Gasteiger partial charge in [0, 0.05) is 65.3 Å². The molecule has 1 saturated heterocycles. The predicted octanol–water partition coefficient (Wildman–Crippen LogP) is 5.95. The second-order valence-electron chi connectivity index (χ2n) is 17.0. The van der Waals surface area contributed by atoms with Gasteiger partial charge in [0.1, 0.15) is 18.0 Å². The maximum Gasteiger partial charge on any atom is 0.410 e. The van der Waals surface area contributed by atoms with Crippen molar-refractivity contribution in [3.63, 3.8) is 0 Å². The molecule has 0 bridgehead atoms. The largest absolute Gasteiger partial charge is 0.445 e. The highest BCUT2D eigenvalue weighted by atomic mass is 16.6. The Kier molecular flexibility index (Phi) is 17.3. The first-order valence-corrected chi connectivity index (χ1v) is 19.1. The minimum atomic E-state index is -0.756. The molecule has 13 heteroatoms. The highest BCUT2D eigenvalue weighted by Crippen LogP contribution is 2.35. The number of nitrogens with zero attached hydrogens (tertiary/aromatic N) is 3. The highest BCUT2D eigenvalue weighted by Gasteiger charge is 2.44. The Balaban J connectivity index is 1.75. The lowest BCUT2D eigenvalue weighted by molar-refractivity contribution is -0.140. The number of carbonyl (C=O) groups excluding carboxylic acids is 7. The second kappa shape index (κ2) is 20.4. The van der Waals surface area contributed by atoms with Gasteiger partial charge in [0.25, 0.3) is 0 Å². The zero-order chi connectivity index (χ0) is 41.0. The SMILES string of the molecule is CC(C)[C@H](CC(=O)CCCCCN1C(=O)CC(C(C)(C)C)C1=O)C(=O)N[C@@H](C)C(=O)Cc1ccc(COC(=O)N(C)CCN(C)C(=O)OC(C)(C)C)cc1. The van der Waals surface area contributed by atoms with Crippen LogP contribution in [0.25, 0.3) is 0 Å². The van der Waals surface area contributed by atoms with Crippen LogP contribution in [0.5, 0.6) is 0 Å². The molecule has 1 aliphatic heterocycles. The minimum Gasteiger partial charge on any atom is -0.445 e. The molecule has 1 N–H and O–H groups in total. The lowest BCUT2D eigenvalue weighted by Gasteiger charge is -2.26. The van der Waals surface area contributed by atoms with Crippen LogP contribution in [0.15, 0.2) is 24.3 Å². The number of hydrogen-bond donors (Lipinski definition) is 1. The van der Waals surface area contributed by atoms with Crippen LogP contribution in [-0.4, -0.2) is 102 Å². The van der Waals surface area contributed by atoms with Crippen LogP contribution in [-0.2, 0) is 46.5 Å². The van der Waals surface area contributed by atoms with E-state index in [0.29, 0.717) is 32.2 Å². The van der Waals surface area contributed by atoms with Gasteiger partial charge in [-0.1, -0.05) is 65.3 Å². The number of ether oxygens (including phenoxy) is 2. The van der Waals surface area contributed by atoms with E-state index >= 15 is 0 Å². The van der Waals surface area contributed by atoms with E-state index in [-0.39, 0.29) is 85.5 Å². The maximum atomic E-state index is 13.2. The van der Waals surface area contributed by atoms with Crippen LogP contribution in [0.3, 0.4) is 0 Å². The van der Waals surface area contributed by atoms with Gasteiger partial charge in [-0.05, 0) is 63.0 Å². The number of imide groups is 1. The summed E-state index contributed by atoms with van der Waals surface area (Å²) < 4.78 is 10.7. The molecule has 1 aliphatic rings. The summed E-state index contributed by atoms with van der Waals surface area (Å²) in [5.41, 5.74) is 0.589. The molecule has 1 aromatic carbocycles. The fourth-order valence-corrected chi connectivity index (χ4v) is 5.93. The summed E-state index contributed by atoms with van der Waals surface area (Å²) in [5.74, 6) is -1.78. The van der Waals surface area contributed by atoms with Crippen molar-refractivity contribution in [2.24, 2.45) is 23.2 Å². The van der Waals surface area contributed by atoms with Crippen molar-refractivity contribution in [3.05, 3.63) is 35.4 Å². The molecule has 0 aliphatic carbocycles. The fourth-order valence-electron chi connectivity index (χ4n) is 5.93. The normalized spacial score (nSPS) is 15.9. The first-order chi connectivity index (χ1) is 25.0. The molecular weight excluding hydrogens is 692 g/mol. The van der Waals surface area contributed by atoms with Crippen molar-refractivity contribution in [3.8, 4) is 0 Å². The summed E-state index contributed by atoms with van der Waals surface area (Å²) in [4.78, 5) is 92.9. The number of nitrogens with one attached hydrogen (secondary N) is 1. The molecule has 13 nitrogen and oxygen atoms in total. The van der Waals surface area contributed by atoms with Crippen LogP contribution >= 0.6 is 0 Å². The van der Waals surface area contributed by atoms with E-state index in [0.717, 1.165) is 11.1 Å². The van der Waals surface area contributed by atoms with E-state index in [1.54, 1.807) is 66.1 Å². The number of likely N-dealkylation sites (tertiary alicyclic amines) is 1. The Morgan fingerprint density at radius 2 is 1.43 bits per heavy atom. The number of benzene rings is 1. The number of amides is 5. The standard InChI is InChI=1S/C41H64N4O9/c1-27(2)32(24-31(46)15-13-12-14-20-45-35(48)25-33(37(45)50)40(4,5)6)36(49)42-28(3)34(47)23-29-16-18-30(19-17-29)26-53-38(51)43(10)21-22-44(11)39(52)54-41(7,8)9/h16-19,27-28,32-33H,12-15,20-26H2,1-11H3,(H,42,49)/t28-,32-,33?/m0/s1. The third kappa shape index (κ3) is 15.2. The van der Waals surface area contributed by atoms with E-state index < -0.39 is 29.7 Å². The van der Waals surface area contributed by atoms with E-state index in [1.165, 1.54) is 14.7 Å². The quantitative estimate of drug-likeness (QED) is 0.133. The van der Waals surface area contributed by atoms with Crippen LogP contribution < -0.4 is 5.32 Å². The molecule has 0 aromatic heterocycles. The fraction of sp³-hybridized carbons (Fsp3) is 0.683.